The highest BCUT2D eigenvalue weighted by Gasteiger charge is 1.99. The van der Waals surface area contributed by atoms with Gasteiger partial charge in [0.1, 0.15) is 0 Å². The Labute approximate surface area is 62.5 Å². The molecule has 0 bridgehead atoms. The zero-order valence-corrected chi connectivity index (χ0v) is 5.92. The molecule has 0 saturated carbocycles. The standard InChI is InChI=1S/C6H7N3O2/c1-4(10)9-5-6(11)8-3-2-7-5/h2-3H,1H3,(H,8,11)(H,7,9,10). The average molecular weight is 153 g/mol. The summed E-state index contributed by atoms with van der Waals surface area (Å²) in [5, 5.41) is 2.28. The van der Waals surface area contributed by atoms with Crippen molar-refractivity contribution in [1.82, 2.24) is 9.97 Å². The lowest BCUT2D eigenvalue weighted by Crippen LogP contribution is -2.18. The second kappa shape index (κ2) is 2.96. The van der Waals surface area contributed by atoms with E-state index in [1.54, 1.807) is 0 Å². The van der Waals surface area contributed by atoms with Gasteiger partial charge in [-0.1, -0.05) is 0 Å². The lowest BCUT2D eigenvalue weighted by Gasteiger charge is -1.96. The molecule has 0 aliphatic carbocycles. The van der Waals surface area contributed by atoms with Gasteiger partial charge in [-0.15, -0.1) is 0 Å². The second-order valence-electron chi connectivity index (χ2n) is 1.95. The smallest absolute Gasteiger partial charge is 0.291 e. The topological polar surface area (TPSA) is 74.8 Å². The SMILES string of the molecule is CC(=O)Nc1ncc[nH]c1=O. The van der Waals surface area contributed by atoms with Crippen LogP contribution in [0.15, 0.2) is 17.2 Å². The van der Waals surface area contributed by atoms with Gasteiger partial charge in [-0.3, -0.25) is 9.59 Å². The van der Waals surface area contributed by atoms with Crippen molar-refractivity contribution >= 4 is 11.7 Å². The molecule has 0 aliphatic rings. The number of aromatic amines is 1. The molecule has 1 heterocycles. The number of rotatable bonds is 1. The fraction of sp³-hybridized carbons (Fsp3) is 0.167. The van der Waals surface area contributed by atoms with Gasteiger partial charge in [0.2, 0.25) is 5.91 Å². The van der Waals surface area contributed by atoms with Crippen molar-refractivity contribution in [3.8, 4) is 0 Å². The number of anilines is 1. The van der Waals surface area contributed by atoms with Crippen molar-refractivity contribution in [3.05, 3.63) is 22.7 Å². The molecule has 5 heteroatoms. The highest BCUT2D eigenvalue weighted by atomic mass is 16.2. The van der Waals surface area contributed by atoms with Crippen LogP contribution < -0.4 is 10.9 Å². The van der Waals surface area contributed by atoms with E-state index in [2.05, 4.69) is 15.3 Å². The van der Waals surface area contributed by atoms with E-state index in [0.717, 1.165) is 0 Å². The number of aromatic nitrogens is 2. The first-order valence-electron chi connectivity index (χ1n) is 3.01. The predicted molar refractivity (Wildman–Crippen MR) is 39.2 cm³/mol. The molecule has 11 heavy (non-hydrogen) atoms. The first kappa shape index (κ1) is 7.46. The summed E-state index contributed by atoms with van der Waals surface area (Å²) in [7, 11) is 0. The lowest BCUT2D eigenvalue weighted by molar-refractivity contribution is -0.114. The molecule has 1 aromatic heterocycles. The molecule has 58 valence electrons. The normalized spacial score (nSPS) is 9.18. The van der Waals surface area contributed by atoms with Crippen LogP contribution >= 0.6 is 0 Å². The molecule has 0 fully saturated rings. The van der Waals surface area contributed by atoms with E-state index in [0.29, 0.717) is 0 Å². The van der Waals surface area contributed by atoms with Crippen molar-refractivity contribution in [1.29, 1.82) is 0 Å². The van der Waals surface area contributed by atoms with Gasteiger partial charge < -0.3 is 10.3 Å². The van der Waals surface area contributed by atoms with Gasteiger partial charge in [0, 0.05) is 19.3 Å². The fourth-order valence-corrected chi connectivity index (χ4v) is 0.608. The number of H-pyrrole nitrogens is 1. The first-order valence-corrected chi connectivity index (χ1v) is 3.01. The number of hydrogen-bond acceptors (Lipinski definition) is 3. The molecule has 0 aliphatic heterocycles. The Kier molecular flexibility index (Phi) is 2.00. The average Bonchev–Trinajstić information content (AvgIpc) is 1.93. The molecular weight excluding hydrogens is 146 g/mol. The molecule has 0 radical (unpaired) electrons. The van der Waals surface area contributed by atoms with E-state index in [9.17, 15) is 9.59 Å². The Morgan fingerprint density at radius 3 is 3.00 bits per heavy atom. The van der Waals surface area contributed by atoms with Crippen LogP contribution in [0.5, 0.6) is 0 Å². The molecule has 1 amide bonds. The zero-order chi connectivity index (χ0) is 8.27. The predicted octanol–water partition coefficient (Wildman–Crippen LogP) is -0.272. The van der Waals surface area contributed by atoms with Gasteiger partial charge in [-0.2, -0.15) is 0 Å². The minimum absolute atomic E-state index is 0.0278. The number of amides is 1. The maximum atomic E-state index is 10.8. The molecular formula is C6H7N3O2. The largest absolute Gasteiger partial charge is 0.324 e. The third-order valence-electron chi connectivity index (χ3n) is 1.00. The van der Waals surface area contributed by atoms with Crippen molar-refractivity contribution in [2.45, 2.75) is 6.92 Å². The van der Waals surface area contributed by atoms with E-state index < -0.39 is 5.56 Å². The van der Waals surface area contributed by atoms with E-state index in [4.69, 9.17) is 0 Å². The van der Waals surface area contributed by atoms with Gasteiger partial charge in [0.05, 0.1) is 0 Å². The Morgan fingerprint density at radius 2 is 2.45 bits per heavy atom. The van der Waals surface area contributed by atoms with Gasteiger partial charge in [0.15, 0.2) is 5.82 Å². The minimum Gasteiger partial charge on any atom is -0.324 e. The Morgan fingerprint density at radius 1 is 1.73 bits per heavy atom. The maximum Gasteiger partial charge on any atom is 0.291 e. The summed E-state index contributed by atoms with van der Waals surface area (Å²) < 4.78 is 0. The number of carbonyl (C=O) groups excluding carboxylic acids is 1. The third-order valence-corrected chi connectivity index (χ3v) is 1.00. The third kappa shape index (κ3) is 1.89. The zero-order valence-electron chi connectivity index (χ0n) is 5.92. The van der Waals surface area contributed by atoms with Crippen molar-refractivity contribution in [3.63, 3.8) is 0 Å². The lowest BCUT2D eigenvalue weighted by atomic mass is 10.6. The quantitative estimate of drug-likeness (QED) is 0.583. The monoisotopic (exact) mass is 153 g/mol. The highest BCUT2D eigenvalue weighted by Crippen LogP contribution is 1.87. The Balaban J connectivity index is 2.95. The van der Waals surface area contributed by atoms with Crippen LogP contribution in [-0.4, -0.2) is 15.9 Å². The molecule has 1 aromatic rings. The fourth-order valence-electron chi connectivity index (χ4n) is 0.608. The van der Waals surface area contributed by atoms with Gasteiger partial charge in [-0.05, 0) is 0 Å². The molecule has 1 rings (SSSR count). The summed E-state index contributed by atoms with van der Waals surface area (Å²) >= 11 is 0. The molecule has 2 N–H and O–H groups in total. The van der Waals surface area contributed by atoms with Crippen LogP contribution in [0.2, 0.25) is 0 Å². The number of nitrogens with zero attached hydrogens (tertiary/aromatic N) is 1. The van der Waals surface area contributed by atoms with Gasteiger partial charge in [0.25, 0.3) is 5.56 Å². The molecule has 0 saturated heterocycles. The first-order chi connectivity index (χ1) is 5.20. The summed E-state index contributed by atoms with van der Waals surface area (Å²) in [6.45, 7) is 1.31. The summed E-state index contributed by atoms with van der Waals surface area (Å²) in [6, 6.07) is 0. The molecule has 5 nitrogen and oxygen atoms in total. The number of nitrogens with one attached hydrogen (secondary N) is 2. The van der Waals surface area contributed by atoms with Gasteiger partial charge >= 0.3 is 0 Å². The van der Waals surface area contributed by atoms with Crippen LogP contribution in [0.1, 0.15) is 6.92 Å². The Bertz CT molecular complexity index is 318. The molecule has 0 aromatic carbocycles. The van der Waals surface area contributed by atoms with Crippen LogP contribution in [0, 0.1) is 0 Å². The molecule has 0 spiro atoms. The maximum absolute atomic E-state index is 10.8. The van der Waals surface area contributed by atoms with Crippen LogP contribution in [0.4, 0.5) is 5.82 Å². The van der Waals surface area contributed by atoms with E-state index in [1.807, 2.05) is 0 Å². The summed E-state index contributed by atoms with van der Waals surface area (Å²) in [4.78, 5) is 27.3. The second-order valence-corrected chi connectivity index (χ2v) is 1.95. The van der Waals surface area contributed by atoms with E-state index in [-0.39, 0.29) is 11.7 Å². The summed E-state index contributed by atoms with van der Waals surface area (Å²) in [5.74, 6) is -0.283. The Hall–Kier alpha value is -1.65. The molecule has 0 atom stereocenters. The molecule has 0 unspecified atom stereocenters. The van der Waals surface area contributed by atoms with Crippen LogP contribution in [-0.2, 0) is 4.79 Å². The van der Waals surface area contributed by atoms with Crippen molar-refractivity contribution in [2.24, 2.45) is 0 Å². The number of carbonyl (C=O) groups is 1. The summed E-state index contributed by atoms with van der Waals surface area (Å²) in [6.07, 6.45) is 2.79. The van der Waals surface area contributed by atoms with Crippen molar-refractivity contribution in [2.75, 3.05) is 5.32 Å². The van der Waals surface area contributed by atoms with Crippen LogP contribution in [0.25, 0.3) is 0 Å². The summed E-state index contributed by atoms with van der Waals surface area (Å²) in [5.41, 5.74) is -0.400. The number of hydrogen-bond donors (Lipinski definition) is 2. The highest BCUT2D eigenvalue weighted by molar-refractivity contribution is 5.87. The van der Waals surface area contributed by atoms with E-state index >= 15 is 0 Å². The van der Waals surface area contributed by atoms with Gasteiger partial charge in [-0.25, -0.2) is 4.98 Å². The van der Waals surface area contributed by atoms with E-state index in [1.165, 1.54) is 19.3 Å². The van der Waals surface area contributed by atoms with Crippen molar-refractivity contribution < 1.29 is 4.79 Å². The minimum atomic E-state index is -0.400. The van der Waals surface area contributed by atoms with Crippen LogP contribution in [0.3, 0.4) is 0 Å².